The van der Waals surface area contributed by atoms with E-state index in [1.54, 1.807) is 0 Å². The molecule has 1 N–H and O–H groups in total. The lowest BCUT2D eigenvalue weighted by Gasteiger charge is -2.40. The third-order valence-electron chi connectivity index (χ3n) is 4.68. The number of rotatable bonds is 1. The minimum Gasteiger partial charge on any atom is -0.370 e. The van der Waals surface area contributed by atoms with Crippen molar-refractivity contribution >= 4 is 33.2 Å². The smallest absolute Gasteiger partial charge is 0.0549 e. The highest BCUT2D eigenvalue weighted by atomic mass is 79.9. The molecule has 1 heterocycles. The molecule has 4 heteroatoms. The van der Waals surface area contributed by atoms with Crippen LogP contribution in [-0.4, -0.2) is 25.2 Å². The lowest BCUT2D eigenvalue weighted by Crippen LogP contribution is -2.52. The van der Waals surface area contributed by atoms with Gasteiger partial charge in [-0.15, -0.1) is 0 Å². The molecule has 0 aromatic heterocycles. The maximum absolute atomic E-state index is 6.12. The summed E-state index contributed by atoms with van der Waals surface area (Å²) in [6, 6.07) is 6.30. The van der Waals surface area contributed by atoms with Crippen LogP contribution in [0.25, 0.3) is 0 Å². The maximum atomic E-state index is 6.12. The summed E-state index contributed by atoms with van der Waals surface area (Å²) in [6.45, 7) is 3.40. The fourth-order valence-electron chi connectivity index (χ4n) is 3.59. The fraction of sp³-hybridized carbons (Fsp3) is 0.625. The molecule has 1 spiro atoms. The lowest BCUT2D eigenvalue weighted by molar-refractivity contribution is 0.246. The van der Waals surface area contributed by atoms with Crippen molar-refractivity contribution in [1.82, 2.24) is 5.32 Å². The quantitative estimate of drug-likeness (QED) is 0.790. The van der Waals surface area contributed by atoms with Crippen LogP contribution in [0, 0.1) is 0 Å². The molecule has 1 saturated heterocycles. The number of benzene rings is 1. The first-order valence-electron chi connectivity index (χ1n) is 7.64. The van der Waals surface area contributed by atoms with Crippen LogP contribution in [0.15, 0.2) is 22.7 Å². The topological polar surface area (TPSA) is 15.3 Å². The van der Waals surface area contributed by atoms with E-state index >= 15 is 0 Å². The van der Waals surface area contributed by atoms with Crippen molar-refractivity contribution in [2.75, 3.05) is 24.5 Å². The van der Waals surface area contributed by atoms with Crippen molar-refractivity contribution < 1.29 is 0 Å². The summed E-state index contributed by atoms with van der Waals surface area (Å²) >= 11 is 9.66. The number of halogens is 2. The summed E-state index contributed by atoms with van der Waals surface area (Å²) in [5.41, 5.74) is 1.62. The van der Waals surface area contributed by atoms with E-state index in [0.717, 1.165) is 29.1 Å². The van der Waals surface area contributed by atoms with E-state index in [-0.39, 0.29) is 0 Å². The van der Waals surface area contributed by atoms with E-state index in [2.05, 4.69) is 38.3 Å². The lowest BCUT2D eigenvalue weighted by atomic mass is 9.81. The Morgan fingerprint density at radius 3 is 2.70 bits per heavy atom. The Labute approximate surface area is 135 Å². The van der Waals surface area contributed by atoms with Crippen LogP contribution >= 0.6 is 27.5 Å². The first kappa shape index (κ1) is 14.7. The number of hydrogen-bond donors (Lipinski definition) is 1. The maximum Gasteiger partial charge on any atom is 0.0549 e. The predicted molar refractivity (Wildman–Crippen MR) is 89.8 cm³/mol. The zero-order valence-corrected chi connectivity index (χ0v) is 14.1. The van der Waals surface area contributed by atoms with E-state index in [0.29, 0.717) is 5.54 Å². The first-order chi connectivity index (χ1) is 9.69. The second-order valence-corrected chi connectivity index (χ2v) is 7.40. The van der Waals surface area contributed by atoms with Gasteiger partial charge in [-0.3, -0.25) is 0 Å². The Bertz CT molecular complexity index is 472. The van der Waals surface area contributed by atoms with Crippen LogP contribution in [-0.2, 0) is 0 Å². The van der Waals surface area contributed by atoms with Crippen molar-refractivity contribution in [3.8, 4) is 0 Å². The first-order valence-corrected chi connectivity index (χ1v) is 8.81. The molecule has 1 aliphatic carbocycles. The van der Waals surface area contributed by atoms with Crippen LogP contribution < -0.4 is 10.2 Å². The standard InChI is InChI=1S/C16H22BrClN2/c17-14-11-13(5-6-15(14)18)20-10-4-9-19-16(12-20)7-2-1-3-8-16/h5-6,11,19H,1-4,7-10,12H2. The molecule has 0 unspecified atom stereocenters. The molecule has 0 amide bonds. The molecule has 1 aromatic rings. The highest BCUT2D eigenvalue weighted by Gasteiger charge is 2.34. The van der Waals surface area contributed by atoms with Gasteiger partial charge in [-0.1, -0.05) is 30.9 Å². The number of anilines is 1. The zero-order valence-electron chi connectivity index (χ0n) is 11.8. The predicted octanol–water partition coefficient (Wildman–Crippen LogP) is 4.61. The molecular formula is C16H22BrClN2. The normalized spacial score (nSPS) is 22.8. The van der Waals surface area contributed by atoms with E-state index < -0.39 is 0 Å². The van der Waals surface area contributed by atoms with Crippen LogP contribution in [0.5, 0.6) is 0 Å². The third kappa shape index (κ3) is 3.15. The van der Waals surface area contributed by atoms with Gasteiger partial charge in [-0.25, -0.2) is 0 Å². The molecule has 1 saturated carbocycles. The minimum atomic E-state index is 0.334. The van der Waals surface area contributed by atoms with Crippen LogP contribution in [0.1, 0.15) is 38.5 Å². The summed E-state index contributed by atoms with van der Waals surface area (Å²) in [5.74, 6) is 0. The van der Waals surface area contributed by atoms with E-state index in [4.69, 9.17) is 11.6 Å². The van der Waals surface area contributed by atoms with Gasteiger partial charge < -0.3 is 10.2 Å². The molecule has 1 aliphatic heterocycles. The number of nitrogens with one attached hydrogen (secondary N) is 1. The second kappa shape index (κ2) is 6.25. The minimum absolute atomic E-state index is 0.334. The highest BCUT2D eigenvalue weighted by molar-refractivity contribution is 9.10. The average molecular weight is 358 g/mol. The molecule has 2 fully saturated rings. The Balaban J connectivity index is 1.82. The zero-order chi connectivity index (χ0) is 14.0. The molecular weight excluding hydrogens is 336 g/mol. The Morgan fingerprint density at radius 1 is 1.15 bits per heavy atom. The van der Waals surface area contributed by atoms with Crippen molar-refractivity contribution in [2.45, 2.75) is 44.1 Å². The van der Waals surface area contributed by atoms with Crippen LogP contribution in [0.3, 0.4) is 0 Å². The van der Waals surface area contributed by atoms with Gasteiger partial charge in [0, 0.05) is 28.8 Å². The van der Waals surface area contributed by atoms with Gasteiger partial charge in [0.2, 0.25) is 0 Å². The van der Waals surface area contributed by atoms with Crippen molar-refractivity contribution in [3.63, 3.8) is 0 Å². The van der Waals surface area contributed by atoms with Crippen molar-refractivity contribution in [1.29, 1.82) is 0 Å². The number of nitrogens with zero attached hydrogens (tertiary/aromatic N) is 1. The summed E-state index contributed by atoms with van der Waals surface area (Å²) in [7, 11) is 0. The van der Waals surface area contributed by atoms with Crippen molar-refractivity contribution in [2.24, 2.45) is 0 Å². The Morgan fingerprint density at radius 2 is 1.95 bits per heavy atom. The van der Waals surface area contributed by atoms with Gasteiger partial charge in [-0.05, 0) is 59.9 Å². The van der Waals surface area contributed by atoms with Gasteiger partial charge in [0.25, 0.3) is 0 Å². The monoisotopic (exact) mass is 356 g/mol. The molecule has 2 nitrogen and oxygen atoms in total. The second-order valence-electron chi connectivity index (χ2n) is 6.14. The molecule has 0 radical (unpaired) electrons. The molecule has 20 heavy (non-hydrogen) atoms. The fourth-order valence-corrected chi connectivity index (χ4v) is 4.07. The molecule has 0 bridgehead atoms. The molecule has 1 aromatic carbocycles. The van der Waals surface area contributed by atoms with E-state index in [1.165, 1.54) is 44.2 Å². The SMILES string of the molecule is Clc1ccc(N2CCCNC3(CCCCC3)C2)cc1Br. The van der Waals surface area contributed by atoms with E-state index in [1.807, 2.05) is 6.07 Å². The van der Waals surface area contributed by atoms with Crippen molar-refractivity contribution in [3.05, 3.63) is 27.7 Å². The van der Waals surface area contributed by atoms with Crippen LogP contribution in [0.4, 0.5) is 5.69 Å². The highest BCUT2D eigenvalue weighted by Crippen LogP contribution is 2.33. The summed E-state index contributed by atoms with van der Waals surface area (Å²) in [4.78, 5) is 2.53. The average Bonchev–Trinajstić information content (AvgIpc) is 2.66. The molecule has 110 valence electrons. The number of hydrogen-bond acceptors (Lipinski definition) is 2. The van der Waals surface area contributed by atoms with Gasteiger partial charge in [0.15, 0.2) is 0 Å². The molecule has 2 aliphatic rings. The Hall–Kier alpha value is -0.250. The molecule has 0 atom stereocenters. The van der Waals surface area contributed by atoms with Crippen LogP contribution in [0.2, 0.25) is 5.02 Å². The molecule has 3 rings (SSSR count). The van der Waals surface area contributed by atoms with Gasteiger partial charge >= 0.3 is 0 Å². The Kier molecular flexibility index (Phi) is 4.58. The third-order valence-corrected chi connectivity index (χ3v) is 5.89. The van der Waals surface area contributed by atoms with Gasteiger partial charge in [0.05, 0.1) is 5.02 Å². The van der Waals surface area contributed by atoms with Gasteiger partial charge in [-0.2, -0.15) is 0 Å². The summed E-state index contributed by atoms with van der Waals surface area (Å²) < 4.78 is 0.992. The summed E-state index contributed by atoms with van der Waals surface area (Å²) in [6.07, 6.45) is 7.98. The van der Waals surface area contributed by atoms with E-state index in [9.17, 15) is 0 Å². The van der Waals surface area contributed by atoms with Gasteiger partial charge in [0.1, 0.15) is 0 Å². The largest absolute Gasteiger partial charge is 0.370 e. The summed E-state index contributed by atoms with van der Waals surface area (Å²) in [5, 5.41) is 4.63.